The lowest BCUT2D eigenvalue weighted by Crippen LogP contribution is -2.52. The first kappa shape index (κ1) is 12.1. The van der Waals surface area contributed by atoms with Crippen molar-refractivity contribution < 1.29 is 14.7 Å². The molecule has 1 saturated heterocycles. The lowest BCUT2D eigenvalue weighted by atomic mass is 10.0. The Morgan fingerprint density at radius 1 is 1.67 bits per heavy atom. The molecule has 1 rings (SSSR count). The van der Waals surface area contributed by atoms with E-state index in [1.54, 1.807) is 0 Å². The zero-order chi connectivity index (χ0) is 11.3. The molecule has 0 spiro atoms. The van der Waals surface area contributed by atoms with Crippen molar-refractivity contribution in [2.24, 2.45) is 11.1 Å². The minimum atomic E-state index is -0.317. The van der Waals surface area contributed by atoms with Crippen molar-refractivity contribution in [3.63, 3.8) is 0 Å². The summed E-state index contributed by atoms with van der Waals surface area (Å²) >= 11 is 5.59. The number of ether oxygens (including phenoxy) is 1. The van der Waals surface area contributed by atoms with Gasteiger partial charge in [-0.05, 0) is 6.42 Å². The van der Waals surface area contributed by atoms with Gasteiger partial charge in [0.15, 0.2) is 5.17 Å². The molecule has 0 saturated carbocycles. The Kier molecular flexibility index (Phi) is 4.68. The molecule has 15 heavy (non-hydrogen) atoms. The standard InChI is InChI=1S/C9H15ClN2O3/c1-2-3-4-15-9(13)12-5-7(6-12)8(10)11-14/h7,14H,2-6H2,1H3. The Bertz CT molecular complexity index is 252. The van der Waals surface area contributed by atoms with E-state index in [2.05, 4.69) is 5.16 Å². The molecule has 1 N–H and O–H groups in total. The lowest BCUT2D eigenvalue weighted by molar-refractivity contribution is 0.0682. The van der Waals surface area contributed by atoms with Crippen molar-refractivity contribution >= 4 is 22.9 Å². The second-order valence-electron chi connectivity index (χ2n) is 3.49. The molecule has 5 nitrogen and oxygen atoms in total. The number of halogens is 1. The highest BCUT2D eigenvalue weighted by Gasteiger charge is 2.34. The topological polar surface area (TPSA) is 62.1 Å². The molecule has 0 unspecified atom stereocenters. The Morgan fingerprint density at radius 2 is 2.33 bits per heavy atom. The molecule has 1 amide bonds. The first-order valence-corrected chi connectivity index (χ1v) is 5.36. The van der Waals surface area contributed by atoms with Crippen molar-refractivity contribution in [3.8, 4) is 0 Å². The second-order valence-corrected chi connectivity index (χ2v) is 3.88. The van der Waals surface area contributed by atoms with Crippen LogP contribution in [0.15, 0.2) is 5.16 Å². The van der Waals surface area contributed by atoms with Gasteiger partial charge in [0, 0.05) is 13.1 Å². The van der Waals surface area contributed by atoms with Crippen molar-refractivity contribution in [1.82, 2.24) is 4.90 Å². The third-order valence-corrected chi connectivity index (χ3v) is 2.68. The monoisotopic (exact) mass is 234 g/mol. The lowest BCUT2D eigenvalue weighted by Gasteiger charge is -2.36. The number of hydrogen-bond acceptors (Lipinski definition) is 4. The third kappa shape index (κ3) is 3.27. The van der Waals surface area contributed by atoms with E-state index in [4.69, 9.17) is 21.5 Å². The highest BCUT2D eigenvalue weighted by Crippen LogP contribution is 2.19. The molecule has 0 aromatic carbocycles. The van der Waals surface area contributed by atoms with Crippen LogP contribution in [-0.4, -0.2) is 41.1 Å². The van der Waals surface area contributed by atoms with Crippen LogP contribution in [0.1, 0.15) is 19.8 Å². The number of rotatable bonds is 4. The van der Waals surface area contributed by atoms with E-state index in [9.17, 15) is 4.79 Å². The summed E-state index contributed by atoms with van der Waals surface area (Å²) in [4.78, 5) is 12.9. The van der Waals surface area contributed by atoms with Crippen LogP contribution in [0.5, 0.6) is 0 Å². The zero-order valence-corrected chi connectivity index (χ0v) is 9.40. The van der Waals surface area contributed by atoms with Crippen molar-refractivity contribution in [3.05, 3.63) is 0 Å². The van der Waals surface area contributed by atoms with Crippen LogP contribution in [0.4, 0.5) is 4.79 Å². The Balaban J connectivity index is 2.18. The predicted molar refractivity (Wildman–Crippen MR) is 56.4 cm³/mol. The summed E-state index contributed by atoms with van der Waals surface area (Å²) in [6.07, 6.45) is 1.56. The van der Waals surface area contributed by atoms with E-state index in [1.165, 1.54) is 4.90 Å². The van der Waals surface area contributed by atoms with Gasteiger partial charge in [-0.15, -0.1) is 0 Å². The molecule has 0 aromatic rings. The molecule has 0 aromatic heterocycles. The maximum atomic E-state index is 11.3. The minimum Gasteiger partial charge on any atom is -0.449 e. The molecular formula is C9H15ClN2O3. The zero-order valence-electron chi connectivity index (χ0n) is 8.65. The van der Waals surface area contributed by atoms with Gasteiger partial charge in [0.1, 0.15) is 0 Å². The van der Waals surface area contributed by atoms with E-state index in [-0.39, 0.29) is 17.2 Å². The molecule has 86 valence electrons. The molecule has 1 aliphatic heterocycles. The fraction of sp³-hybridized carbons (Fsp3) is 0.778. The quantitative estimate of drug-likeness (QED) is 0.350. The van der Waals surface area contributed by atoms with Crippen LogP contribution < -0.4 is 0 Å². The summed E-state index contributed by atoms with van der Waals surface area (Å²) in [6, 6.07) is 0. The van der Waals surface area contributed by atoms with Crippen molar-refractivity contribution in [2.75, 3.05) is 19.7 Å². The summed E-state index contributed by atoms with van der Waals surface area (Å²) in [7, 11) is 0. The number of hydrogen-bond donors (Lipinski definition) is 1. The van der Waals surface area contributed by atoms with Crippen LogP contribution in [0.25, 0.3) is 0 Å². The fourth-order valence-corrected chi connectivity index (χ4v) is 1.39. The molecule has 0 aliphatic carbocycles. The summed E-state index contributed by atoms with van der Waals surface area (Å²) < 4.78 is 4.99. The smallest absolute Gasteiger partial charge is 0.409 e. The number of nitrogens with zero attached hydrogens (tertiary/aromatic N) is 2. The van der Waals surface area contributed by atoms with Gasteiger partial charge in [0.05, 0.1) is 12.5 Å². The highest BCUT2D eigenvalue weighted by molar-refractivity contribution is 6.65. The van der Waals surface area contributed by atoms with Crippen LogP contribution in [-0.2, 0) is 4.74 Å². The van der Waals surface area contributed by atoms with E-state index in [0.29, 0.717) is 19.7 Å². The maximum absolute atomic E-state index is 11.3. The maximum Gasteiger partial charge on any atom is 0.409 e. The van der Waals surface area contributed by atoms with Gasteiger partial charge in [-0.1, -0.05) is 30.1 Å². The number of carbonyl (C=O) groups excluding carboxylic acids is 1. The predicted octanol–water partition coefficient (Wildman–Crippen LogP) is 1.88. The largest absolute Gasteiger partial charge is 0.449 e. The second kappa shape index (κ2) is 5.80. The Labute approximate surface area is 93.6 Å². The van der Waals surface area contributed by atoms with Gasteiger partial charge >= 0.3 is 6.09 Å². The van der Waals surface area contributed by atoms with E-state index >= 15 is 0 Å². The van der Waals surface area contributed by atoms with Gasteiger partial charge in [0.25, 0.3) is 0 Å². The van der Waals surface area contributed by atoms with Crippen LogP contribution >= 0.6 is 11.6 Å². The Hall–Kier alpha value is -0.970. The molecule has 6 heteroatoms. The van der Waals surface area contributed by atoms with Gasteiger partial charge in [-0.3, -0.25) is 0 Å². The van der Waals surface area contributed by atoms with Crippen LogP contribution in [0, 0.1) is 5.92 Å². The molecule has 0 bridgehead atoms. The number of amides is 1. The number of carbonyl (C=O) groups is 1. The molecule has 0 atom stereocenters. The highest BCUT2D eigenvalue weighted by atomic mass is 35.5. The van der Waals surface area contributed by atoms with Crippen LogP contribution in [0.2, 0.25) is 0 Å². The summed E-state index contributed by atoms with van der Waals surface area (Å²) in [5.41, 5.74) is 0. The van der Waals surface area contributed by atoms with Gasteiger partial charge < -0.3 is 14.8 Å². The molecule has 1 fully saturated rings. The summed E-state index contributed by atoms with van der Waals surface area (Å²) in [5.74, 6) is -0.0459. The number of unbranched alkanes of at least 4 members (excludes halogenated alkanes) is 1. The Morgan fingerprint density at radius 3 is 2.87 bits per heavy atom. The average molecular weight is 235 g/mol. The molecule has 1 heterocycles. The number of likely N-dealkylation sites (tertiary alicyclic amines) is 1. The van der Waals surface area contributed by atoms with E-state index in [0.717, 1.165) is 12.8 Å². The SMILES string of the molecule is CCCCOC(=O)N1CC(C(Cl)=NO)C1. The normalized spacial score (nSPS) is 17.5. The first-order valence-electron chi connectivity index (χ1n) is 4.98. The summed E-state index contributed by atoms with van der Waals surface area (Å²) in [5, 5.41) is 11.4. The third-order valence-electron chi connectivity index (χ3n) is 2.30. The minimum absolute atomic E-state index is 0.0459. The van der Waals surface area contributed by atoms with E-state index in [1.807, 2.05) is 6.92 Å². The van der Waals surface area contributed by atoms with Crippen molar-refractivity contribution in [1.29, 1.82) is 0 Å². The first-order chi connectivity index (χ1) is 7.19. The van der Waals surface area contributed by atoms with Crippen molar-refractivity contribution in [2.45, 2.75) is 19.8 Å². The van der Waals surface area contributed by atoms with Crippen LogP contribution in [0.3, 0.4) is 0 Å². The molecular weight excluding hydrogens is 220 g/mol. The average Bonchev–Trinajstić information content (AvgIpc) is 2.15. The molecule has 0 radical (unpaired) electrons. The van der Waals surface area contributed by atoms with Gasteiger partial charge in [-0.25, -0.2) is 4.79 Å². The fourth-order valence-electron chi connectivity index (χ4n) is 1.26. The molecule has 1 aliphatic rings. The van der Waals surface area contributed by atoms with E-state index < -0.39 is 0 Å². The van der Waals surface area contributed by atoms with Gasteiger partial charge in [0.2, 0.25) is 0 Å². The number of oxime groups is 1. The van der Waals surface area contributed by atoms with Gasteiger partial charge in [-0.2, -0.15) is 0 Å². The summed E-state index contributed by atoms with van der Waals surface area (Å²) in [6.45, 7) is 3.42.